The fourth-order valence-corrected chi connectivity index (χ4v) is 2.85. The Labute approximate surface area is 131 Å². The van der Waals surface area contributed by atoms with Crippen LogP contribution in [0.1, 0.15) is 16.7 Å². The van der Waals surface area contributed by atoms with E-state index in [1.807, 2.05) is 24.3 Å². The lowest BCUT2D eigenvalue weighted by Crippen LogP contribution is -2.02. The number of hydrogen-bond acceptors (Lipinski definition) is 1. The van der Waals surface area contributed by atoms with Crippen LogP contribution in [0.5, 0.6) is 0 Å². The van der Waals surface area contributed by atoms with E-state index in [2.05, 4.69) is 61.5 Å². The Morgan fingerprint density at radius 3 is 1.95 bits per heavy atom. The lowest BCUT2D eigenvalue weighted by molar-refractivity contribution is 1.45. The summed E-state index contributed by atoms with van der Waals surface area (Å²) in [6.07, 6.45) is 0. The molecule has 3 rings (SSSR count). The Balaban J connectivity index is 2.13. The first-order valence-electron chi connectivity index (χ1n) is 7.02. The largest absolute Gasteiger partial charge is 0.0788 e. The molecule has 0 amide bonds. The van der Waals surface area contributed by atoms with Gasteiger partial charge in [0.05, 0.1) is 4.86 Å². The Morgan fingerprint density at radius 2 is 1.24 bits per heavy atom. The van der Waals surface area contributed by atoms with Gasteiger partial charge in [0.2, 0.25) is 0 Å². The monoisotopic (exact) mass is 288 g/mol. The van der Waals surface area contributed by atoms with Crippen molar-refractivity contribution in [1.29, 1.82) is 0 Å². The number of benzene rings is 3. The molecule has 0 saturated carbocycles. The van der Waals surface area contributed by atoms with Crippen LogP contribution in [0.3, 0.4) is 0 Å². The predicted molar refractivity (Wildman–Crippen MR) is 93.9 cm³/mol. The highest BCUT2D eigenvalue weighted by atomic mass is 32.1. The van der Waals surface area contributed by atoms with E-state index < -0.39 is 0 Å². The zero-order chi connectivity index (χ0) is 14.7. The normalized spacial score (nSPS) is 10.3. The van der Waals surface area contributed by atoms with Crippen molar-refractivity contribution in [1.82, 2.24) is 0 Å². The molecular formula is C20H16S. The smallest absolute Gasteiger partial charge is 0.0528 e. The van der Waals surface area contributed by atoms with Gasteiger partial charge in [0, 0.05) is 5.56 Å². The lowest BCUT2D eigenvalue weighted by atomic mass is 9.92. The molecule has 102 valence electrons. The van der Waals surface area contributed by atoms with Gasteiger partial charge < -0.3 is 0 Å². The molecule has 0 aromatic heterocycles. The second-order valence-electron chi connectivity index (χ2n) is 5.06. The summed E-state index contributed by atoms with van der Waals surface area (Å²) < 4.78 is 0. The zero-order valence-corrected chi connectivity index (χ0v) is 12.7. The van der Waals surface area contributed by atoms with Gasteiger partial charge >= 0.3 is 0 Å². The van der Waals surface area contributed by atoms with Crippen LogP contribution in [0, 0.1) is 6.92 Å². The van der Waals surface area contributed by atoms with Crippen molar-refractivity contribution in [2.24, 2.45) is 0 Å². The summed E-state index contributed by atoms with van der Waals surface area (Å²) in [6, 6.07) is 27.0. The molecule has 0 nitrogen and oxygen atoms in total. The summed E-state index contributed by atoms with van der Waals surface area (Å²) in [7, 11) is 0. The van der Waals surface area contributed by atoms with Gasteiger partial charge in [-0.05, 0) is 29.2 Å². The average Bonchev–Trinajstić information content (AvgIpc) is 2.55. The first kappa shape index (κ1) is 13.7. The van der Waals surface area contributed by atoms with Crippen LogP contribution in [0.15, 0.2) is 78.9 Å². The Bertz CT molecular complexity index is 773. The quantitative estimate of drug-likeness (QED) is 0.457. The maximum atomic E-state index is 5.72. The lowest BCUT2D eigenvalue weighted by Gasteiger charge is -2.13. The van der Waals surface area contributed by atoms with Crippen LogP contribution < -0.4 is 0 Å². The van der Waals surface area contributed by atoms with E-state index in [9.17, 15) is 0 Å². The van der Waals surface area contributed by atoms with E-state index in [1.165, 1.54) is 16.7 Å². The van der Waals surface area contributed by atoms with Gasteiger partial charge in [-0.2, -0.15) is 0 Å². The van der Waals surface area contributed by atoms with Gasteiger partial charge in [0.15, 0.2) is 0 Å². The molecule has 0 heterocycles. The highest BCUT2D eigenvalue weighted by molar-refractivity contribution is 7.81. The van der Waals surface area contributed by atoms with Gasteiger partial charge in [-0.25, -0.2) is 0 Å². The Kier molecular flexibility index (Phi) is 3.94. The molecule has 0 fully saturated rings. The molecule has 3 aromatic rings. The van der Waals surface area contributed by atoms with Crippen LogP contribution in [0.25, 0.3) is 11.1 Å². The molecule has 0 aliphatic heterocycles. The standard InChI is InChI=1S/C20H16S/c1-15-9-5-6-12-17(15)18-13-7-8-14-19(18)20(21)16-10-3-2-4-11-16/h2-14H,1H3. The molecular weight excluding hydrogens is 272 g/mol. The van der Waals surface area contributed by atoms with Crippen LogP contribution >= 0.6 is 12.2 Å². The molecule has 0 spiro atoms. The molecule has 0 radical (unpaired) electrons. The average molecular weight is 288 g/mol. The number of hydrogen-bond donors (Lipinski definition) is 0. The first-order chi connectivity index (χ1) is 10.3. The van der Waals surface area contributed by atoms with Gasteiger partial charge in [-0.1, -0.05) is 91.1 Å². The second kappa shape index (κ2) is 6.02. The van der Waals surface area contributed by atoms with E-state index in [0.717, 1.165) is 16.0 Å². The summed E-state index contributed by atoms with van der Waals surface area (Å²) in [5.41, 5.74) is 5.91. The molecule has 0 bridgehead atoms. The minimum atomic E-state index is 0.898. The van der Waals surface area contributed by atoms with Crippen molar-refractivity contribution >= 4 is 17.1 Å². The van der Waals surface area contributed by atoms with Crippen LogP contribution in [0.2, 0.25) is 0 Å². The van der Waals surface area contributed by atoms with Gasteiger partial charge in [-0.15, -0.1) is 0 Å². The van der Waals surface area contributed by atoms with Crippen molar-refractivity contribution < 1.29 is 0 Å². The van der Waals surface area contributed by atoms with Crippen molar-refractivity contribution in [3.8, 4) is 11.1 Å². The van der Waals surface area contributed by atoms with Crippen molar-refractivity contribution in [2.75, 3.05) is 0 Å². The van der Waals surface area contributed by atoms with Gasteiger partial charge in [-0.3, -0.25) is 0 Å². The number of aryl methyl sites for hydroxylation is 1. The summed E-state index contributed by atoms with van der Waals surface area (Å²) >= 11 is 5.72. The predicted octanol–water partition coefficient (Wildman–Crippen LogP) is 5.43. The van der Waals surface area contributed by atoms with E-state index in [4.69, 9.17) is 12.2 Å². The molecule has 0 atom stereocenters. The van der Waals surface area contributed by atoms with Crippen LogP contribution in [0.4, 0.5) is 0 Å². The topological polar surface area (TPSA) is 0 Å². The summed E-state index contributed by atoms with van der Waals surface area (Å²) in [6.45, 7) is 2.14. The third-order valence-electron chi connectivity index (χ3n) is 3.64. The Morgan fingerprint density at radius 1 is 0.667 bits per heavy atom. The summed E-state index contributed by atoms with van der Waals surface area (Å²) in [4.78, 5) is 0.898. The highest BCUT2D eigenvalue weighted by Gasteiger charge is 2.11. The fraction of sp³-hybridized carbons (Fsp3) is 0.0500. The molecule has 0 aliphatic carbocycles. The van der Waals surface area contributed by atoms with Crippen molar-refractivity contribution in [3.63, 3.8) is 0 Å². The minimum Gasteiger partial charge on any atom is -0.0788 e. The van der Waals surface area contributed by atoms with Crippen LogP contribution in [-0.2, 0) is 0 Å². The van der Waals surface area contributed by atoms with E-state index in [1.54, 1.807) is 0 Å². The SMILES string of the molecule is Cc1ccccc1-c1ccccc1C(=S)c1ccccc1. The number of rotatable bonds is 3. The molecule has 1 heteroatoms. The molecule has 0 saturated heterocycles. The maximum absolute atomic E-state index is 5.72. The second-order valence-corrected chi connectivity index (χ2v) is 5.46. The van der Waals surface area contributed by atoms with Gasteiger partial charge in [0.25, 0.3) is 0 Å². The van der Waals surface area contributed by atoms with Gasteiger partial charge in [0.1, 0.15) is 0 Å². The molecule has 0 aliphatic rings. The summed E-state index contributed by atoms with van der Waals surface area (Å²) in [5, 5.41) is 0. The first-order valence-corrected chi connectivity index (χ1v) is 7.43. The zero-order valence-electron chi connectivity index (χ0n) is 11.9. The third-order valence-corrected chi connectivity index (χ3v) is 4.10. The van der Waals surface area contributed by atoms with E-state index in [0.29, 0.717) is 0 Å². The molecule has 21 heavy (non-hydrogen) atoms. The van der Waals surface area contributed by atoms with Crippen molar-refractivity contribution in [3.05, 3.63) is 95.6 Å². The fourth-order valence-electron chi connectivity index (χ4n) is 2.54. The van der Waals surface area contributed by atoms with E-state index in [-0.39, 0.29) is 0 Å². The highest BCUT2D eigenvalue weighted by Crippen LogP contribution is 2.28. The molecule has 3 aromatic carbocycles. The summed E-state index contributed by atoms with van der Waals surface area (Å²) in [5.74, 6) is 0. The van der Waals surface area contributed by atoms with E-state index >= 15 is 0 Å². The maximum Gasteiger partial charge on any atom is 0.0528 e. The molecule has 0 unspecified atom stereocenters. The Hall–Kier alpha value is -2.25. The van der Waals surface area contributed by atoms with Crippen molar-refractivity contribution in [2.45, 2.75) is 6.92 Å². The van der Waals surface area contributed by atoms with Crippen LogP contribution in [-0.4, -0.2) is 4.86 Å². The third kappa shape index (κ3) is 2.79. The number of thiocarbonyl (C=S) groups is 1. The molecule has 0 N–H and O–H groups in total. The minimum absolute atomic E-state index is 0.898.